The summed E-state index contributed by atoms with van der Waals surface area (Å²) in [6.07, 6.45) is 5.55. The minimum Gasteiger partial charge on any atom is -0.348 e. The number of carbonyl (C=O) groups is 2. The largest absolute Gasteiger partial charge is 0.348 e. The first kappa shape index (κ1) is 23.0. The molecule has 2 fully saturated rings. The number of aromatic nitrogens is 2. The molecule has 1 aromatic carbocycles. The Morgan fingerprint density at radius 1 is 1.21 bits per heavy atom. The van der Waals surface area contributed by atoms with Gasteiger partial charge in [0.1, 0.15) is 5.69 Å². The Morgan fingerprint density at radius 2 is 2.00 bits per heavy atom. The van der Waals surface area contributed by atoms with Crippen molar-refractivity contribution in [2.45, 2.75) is 57.8 Å². The number of rotatable bonds is 6. The number of benzene rings is 1. The average Bonchev–Trinajstić information content (AvgIpc) is 3.47. The van der Waals surface area contributed by atoms with Gasteiger partial charge in [-0.1, -0.05) is 19.9 Å². The van der Waals surface area contributed by atoms with Crippen LogP contribution in [0.15, 0.2) is 23.7 Å². The molecule has 180 valence electrons. The first-order chi connectivity index (χ1) is 16.4. The summed E-state index contributed by atoms with van der Waals surface area (Å²) in [5.74, 6) is -0.119. The number of thiazole rings is 1. The number of amides is 2. The minimum atomic E-state index is -0.288. The minimum absolute atomic E-state index is 0.0581. The maximum atomic E-state index is 15.9. The lowest BCUT2D eigenvalue weighted by Crippen LogP contribution is -2.42. The summed E-state index contributed by atoms with van der Waals surface area (Å²) < 4.78 is 15.9. The van der Waals surface area contributed by atoms with E-state index in [9.17, 15) is 9.59 Å². The smallest absolute Gasteiger partial charge is 0.270 e. The Morgan fingerprint density at radius 3 is 2.68 bits per heavy atom. The van der Waals surface area contributed by atoms with Crippen molar-refractivity contribution in [2.75, 3.05) is 26.2 Å². The normalized spacial score (nSPS) is 18.5. The summed E-state index contributed by atoms with van der Waals surface area (Å²) >= 11 is 1.57. The van der Waals surface area contributed by atoms with Crippen molar-refractivity contribution in [3.05, 3.63) is 51.4 Å². The molecule has 0 bridgehead atoms. The second-order valence-electron chi connectivity index (χ2n) is 9.75. The monoisotopic (exact) mass is 482 g/mol. The van der Waals surface area contributed by atoms with Crippen molar-refractivity contribution in [3.8, 4) is 0 Å². The van der Waals surface area contributed by atoms with Gasteiger partial charge in [0.15, 0.2) is 5.82 Å². The molecule has 2 aromatic heterocycles. The van der Waals surface area contributed by atoms with Crippen molar-refractivity contribution >= 4 is 34.1 Å². The number of carbonyl (C=O) groups excluding carboxylic acids is 2. The molecule has 34 heavy (non-hydrogen) atoms. The summed E-state index contributed by atoms with van der Waals surface area (Å²) in [6.45, 7) is 6.94. The van der Waals surface area contributed by atoms with Crippen LogP contribution >= 0.6 is 11.3 Å². The van der Waals surface area contributed by atoms with Crippen molar-refractivity contribution in [1.82, 2.24) is 19.8 Å². The number of likely N-dealkylation sites (tertiary alicyclic amines) is 2. The van der Waals surface area contributed by atoms with Gasteiger partial charge in [-0.2, -0.15) is 0 Å². The molecule has 2 saturated heterocycles. The predicted molar refractivity (Wildman–Crippen MR) is 132 cm³/mol. The molecule has 2 amide bonds. The molecule has 3 aromatic rings. The number of aromatic amines is 1. The lowest BCUT2D eigenvalue weighted by Gasteiger charge is -2.33. The number of hydrogen-bond donors (Lipinski definition) is 1. The van der Waals surface area contributed by atoms with Gasteiger partial charge in [-0.05, 0) is 42.4 Å². The average molecular weight is 483 g/mol. The first-order valence-corrected chi connectivity index (χ1v) is 13.1. The highest BCUT2D eigenvalue weighted by Gasteiger charge is 2.30. The zero-order chi connectivity index (χ0) is 23.8. The fourth-order valence-corrected chi connectivity index (χ4v) is 5.71. The summed E-state index contributed by atoms with van der Waals surface area (Å²) in [5.41, 5.74) is 2.56. The standard InChI is InChI=1S/C26H31FN4O2S/c1-16(2)18-13-19(24(27)25-20(18)14-21(29-25)26(33)30-10-4-11-30)17-5-3-9-31(15-17)23(32)7-6-22-28-8-12-34-22/h8,12-14,16-17,29H,3-7,9-11,15H2,1-2H3/t17-/m0/s1. The zero-order valence-electron chi connectivity index (χ0n) is 19.8. The summed E-state index contributed by atoms with van der Waals surface area (Å²) in [7, 11) is 0. The number of hydrogen-bond acceptors (Lipinski definition) is 4. The molecule has 0 aliphatic carbocycles. The van der Waals surface area contributed by atoms with E-state index in [1.165, 1.54) is 0 Å². The summed E-state index contributed by atoms with van der Waals surface area (Å²) in [5, 5.41) is 3.67. The van der Waals surface area contributed by atoms with Gasteiger partial charge in [-0.3, -0.25) is 9.59 Å². The number of nitrogens with one attached hydrogen (secondary N) is 1. The van der Waals surface area contributed by atoms with Crippen molar-refractivity contribution in [3.63, 3.8) is 0 Å². The molecular formula is C26H31FN4O2S. The Hall–Kier alpha value is -2.74. The van der Waals surface area contributed by atoms with Crippen molar-refractivity contribution in [1.29, 1.82) is 0 Å². The molecule has 2 aliphatic rings. The zero-order valence-corrected chi connectivity index (χ0v) is 20.6. The third kappa shape index (κ3) is 4.35. The lowest BCUT2D eigenvalue weighted by molar-refractivity contribution is -0.132. The van der Waals surface area contributed by atoms with Crippen LogP contribution in [0.4, 0.5) is 4.39 Å². The second kappa shape index (κ2) is 9.49. The van der Waals surface area contributed by atoms with E-state index >= 15 is 4.39 Å². The van der Waals surface area contributed by atoms with Gasteiger partial charge < -0.3 is 14.8 Å². The van der Waals surface area contributed by atoms with Gasteiger partial charge >= 0.3 is 0 Å². The number of halogens is 1. The highest BCUT2D eigenvalue weighted by molar-refractivity contribution is 7.09. The molecule has 1 N–H and O–H groups in total. The number of fused-ring (bicyclic) bond motifs is 1. The number of H-pyrrole nitrogens is 1. The molecule has 5 rings (SSSR count). The topological polar surface area (TPSA) is 69.3 Å². The van der Waals surface area contributed by atoms with Gasteiger partial charge in [0.05, 0.1) is 10.5 Å². The van der Waals surface area contributed by atoms with Crippen LogP contribution < -0.4 is 0 Å². The highest BCUT2D eigenvalue weighted by Crippen LogP contribution is 2.37. The molecule has 0 saturated carbocycles. The van der Waals surface area contributed by atoms with Gasteiger partial charge in [0, 0.05) is 61.9 Å². The van der Waals surface area contributed by atoms with E-state index in [-0.39, 0.29) is 29.5 Å². The van der Waals surface area contributed by atoms with Crippen LogP contribution in [0.1, 0.15) is 78.0 Å². The quantitative estimate of drug-likeness (QED) is 0.533. The molecule has 1 atom stereocenters. The number of aryl methyl sites for hydroxylation is 1. The van der Waals surface area contributed by atoms with Crippen LogP contribution in [0, 0.1) is 5.82 Å². The van der Waals surface area contributed by atoms with E-state index in [1.807, 2.05) is 22.4 Å². The highest BCUT2D eigenvalue weighted by atomic mass is 32.1. The Kier molecular flexibility index (Phi) is 6.42. The Labute approximate surface area is 203 Å². The molecule has 6 nitrogen and oxygen atoms in total. The Balaban J connectivity index is 1.41. The maximum Gasteiger partial charge on any atom is 0.270 e. The molecule has 0 radical (unpaired) electrons. The fourth-order valence-electron chi connectivity index (χ4n) is 5.09. The van der Waals surface area contributed by atoms with Gasteiger partial charge in [0.2, 0.25) is 5.91 Å². The van der Waals surface area contributed by atoms with Gasteiger partial charge in [-0.25, -0.2) is 9.37 Å². The van der Waals surface area contributed by atoms with Crippen molar-refractivity contribution in [2.24, 2.45) is 0 Å². The van der Waals surface area contributed by atoms with E-state index in [2.05, 4.69) is 23.8 Å². The molecule has 0 unspecified atom stereocenters. The van der Waals surface area contributed by atoms with E-state index < -0.39 is 0 Å². The van der Waals surface area contributed by atoms with E-state index in [4.69, 9.17) is 0 Å². The van der Waals surface area contributed by atoms with E-state index in [1.54, 1.807) is 22.4 Å². The summed E-state index contributed by atoms with van der Waals surface area (Å²) in [4.78, 5) is 36.7. The SMILES string of the molecule is CC(C)c1cc([C@H]2CCCN(C(=O)CCc3nccs3)C2)c(F)c2[nH]c(C(=O)N3CCC3)cc12. The van der Waals surface area contributed by atoms with Crippen LogP contribution in [-0.2, 0) is 11.2 Å². The predicted octanol–water partition coefficient (Wildman–Crippen LogP) is 5.07. The molecule has 4 heterocycles. The van der Waals surface area contributed by atoms with E-state index in [0.717, 1.165) is 48.3 Å². The molecule has 2 aliphatic heterocycles. The van der Waals surface area contributed by atoms with Crippen LogP contribution in [0.2, 0.25) is 0 Å². The van der Waals surface area contributed by atoms with Crippen LogP contribution in [0.25, 0.3) is 10.9 Å². The number of piperidine rings is 1. The fraction of sp³-hybridized carbons (Fsp3) is 0.500. The van der Waals surface area contributed by atoms with Crippen LogP contribution in [-0.4, -0.2) is 57.8 Å². The third-order valence-electron chi connectivity index (χ3n) is 7.16. The molecule has 0 spiro atoms. The van der Waals surface area contributed by atoms with Gasteiger partial charge in [-0.15, -0.1) is 11.3 Å². The molecule has 8 heteroatoms. The third-order valence-corrected chi connectivity index (χ3v) is 8.00. The van der Waals surface area contributed by atoms with E-state index in [0.29, 0.717) is 42.7 Å². The lowest BCUT2D eigenvalue weighted by atomic mass is 9.86. The molecular weight excluding hydrogens is 451 g/mol. The Bertz CT molecular complexity index is 1200. The van der Waals surface area contributed by atoms with Crippen LogP contribution in [0.3, 0.4) is 0 Å². The first-order valence-electron chi connectivity index (χ1n) is 12.2. The summed E-state index contributed by atoms with van der Waals surface area (Å²) in [6, 6.07) is 3.79. The van der Waals surface area contributed by atoms with Crippen molar-refractivity contribution < 1.29 is 14.0 Å². The number of nitrogens with zero attached hydrogens (tertiary/aromatic N) is 3. The second-order valence-corrected chi connectivity index (χ2v) is 10.7. The maximum absolute atomic E-state index is 15.9. The van der Waals surface area contributed by atoms with Gasteiger partial charge in [0.25, 0.3) is 5.91 Å². The van der Waals surface area contributed by atoms with Crippen LogP contribution in [0.5, 0.6) is 0 Å².